The highest BCUT2D eigenvalue weighted by Gasteiger charge is 2.05. The molecule has 1 rings (SSSR count). The van der Waals surface area contributed by atoms with Gasteiger partial charge in [0.2, 0.25) is 0 Å². The largest absolute Gasteiger partial charge is 0.389 e. The molecule has 0 bridgehead atoms. The molecule has 0 radical (unpaired) electrons. The molecule has 0 saturated heterocycles. The first kappa shape index (κ1) is 11.0. The third-order valence-electron chi connectivity index (χ3n) is 2.45. The van der Waals surface area contributed by atoms with Gasteiger partial charge in [0, 0.05) is 0 Å². The highest BCUT2D eigenvalue weighted by Crippen LogP contribution is 2.20. The lowest BCUT2D eigenvalue weighted by Gasteiger charge is -2.10. The van der Waals surface area contributed by atoms with Gasteiger partial charge in [-0.15, -0.1) is 0 Å². The van der Waals surface area contributed by atoms with E-state index in [2.05, 4.69) is 32.6 Å². The molecule has 14 heavy (non-hydrogen) atoms. The van der Waals surface area contributed by atoms with E-state index in [1.54, 1.807) is 6.92 Å². The summed E-state index contributed by atoms with van der Waals surface area (Å²) in [7, 11) is 0. The van der Waals surface area contributed by atoms with Crippen molar-refractivity contribution >= 4 is 5.57 Å². The van der Waals surface area contributed by atoms with Crippen LogP contribution >= 0.6 is 0 Å². The standard InChI is InChI=1S/C13H18O/c1-9(2)12-5-7-13(8-6-12)10(3)11(4)14/h5-9,11,14H,3H2,1-2,4H3. The van der Waals surface area contributed by atoms with Crippen LogP contribution in [0.2, 0.25) is 0 Å². The summed E-state index contributed by atoms with van der Waals surface area (Å²) in [5.41, 5.74) is 3.11. The predicted octanol–water partition coefficient (Wildman–Crippen LogP) is 3.20. The van der Waals surface area contributed by atoms with Crippen molar-refractivity contribution in [3.05, 3.63) is 42.0 Å². The van der Waals surface area contributed by atoms with Crippen LogP contribution in [0, 0.1) is 0 Å². The van der Waals surface area contributed by atoms with Crippen molar-refractivity contribution in [2.45, 2.75) is 32.8 Å². The van der Waals surface area contributed by atoms with Gasteiger partial charge < -0.3 is 5.11 Å². The van der Waals surface area contributed by atoms with Gasteiger partial charge in [-0.25, -0.2) is 0 Å². The molecular formula is C13H18O. The number of hydrogen-bond acceptors (Lipinski definition) is 1. The quantitative estimate of drug-likeness (QED) is 0.776. The fraction of sp³-hybridized carbons (Fsp3) is 0.385. The van der Waals surface area contributed by atoms with E-state index in [1.165, 1.54) is 5.56 Å². The molecule has 0 aliphatic rings. The van der Waals surface area contributed by atoms with E-state index in [0.717, 1.165) is 11.1 Å². The number of aliphatic hydroxyl groups is 1. The topological polar surface area (TPSA) is 20.2 Å². The number of rotatable bonds is 3. The summed E-state index contributed by atoms with van der Waals surface area (Å²) in [5.74, 6) is 0.545. The molecule has 1 aromatic carbocycles. The second kappa shape index (κ2) is 4.43. The van der Waals surface area contributed by atoms with E-state index >= 15 is 0 Å². The molecule has 1 nitrogen and oxygen atoms in total. The third-order valence-corrected chi connectivity index (χ3v) is 2.45. The molecule has 1 N–H and O–H groups in total. The van der Waals surface area contributed by atoms with Gasteiger partial charge in [-0.1, -0.05) is 44.7 Å². The van der Waals surface area contributed by atoms with Crippen molar-refractivity contribution in [2.24, 2.45) is 0 Å². The Balaban J connectivity index is 2.89. The maximum absolute atomic E-state index is 9.35. The Morgan fingerprint density at radius 2 is 1.64 bits per heavy atom. The molecule has 0 spiro atoms. The maximum atomic E-state index is 9.35. The Morgan fingerprint density at radius 3 is 2.00 bits per heavy atom. The Bertz CT molecular complexity index is 307. The molecule has 0 amide bonds. The van der Waals surface area contributed by atoms with Gasteiger partial charge in [0.1, 0.15) is 0 Å². The van der Waals surface area contributed by atoms with Gasteiger partial charge in [0.15, 0.2) is 0 Å². The van der Waals surface area contributed by atoms with E-state index in [9.17, 15) is 5.11 Å². The molecule has 1 unspecified atom stereocenters. The average molecular weight is 190 g/mol. The number of benzene rings is 1. The molecule has 0 fully saturated rings. The molecule has 0 aliphatic heterocycles. The first-order valence-corrected chi connectivity index (χ1v) is 4.99. The summed E-state index contributed by atoms with van der Waals surface area (Å²) in [4.78, 5) is 0. The minimum atomic E-state index is -0.472. The van der Waals surface area contributed by atoms with Gasteiger partial charge >= 0.3 is 0 Å². The molecule has 1 heteroatoms. The molecule has 0 aliphatic carbocycles. The lowest BCUT2D eigenvalue weighted by molar-refractivity contribution is 0.253. The van der Waals surface area contributed by atoms with Gasteiger partial charge in [0.05, 0.1) is 6.10 Å². The second-order valence-electron chi connectivity index (χ2n) is 3.98. The minimum Gasteiger partial charge on any atom is -0.389 e. The first-order chi connectivity index (χ1) is 6.52. The summed E-state index contributed by atoms with van der Waals surface area (Å²) < 4.78 is 0. The molecule has 1 atom stereocenters. The van der Waals surface area contributed by atoms with Gasteiger partial charge in [0.25, 0.3) is 0 Å². The summed E-state index contributed by atoms with van der Waals surface area (Å²) in [6, 6.07) is 8.22. The van der Waals surface area contributed by atoms with Crippen molar-refractivity contribution in [2.75, 3.05) is 0 Å². The first-order valence-electron chi connectivity index (χ1n) is 4.99. The fourth-order valence-corrected chi connectivity index (χ4v) is 1.32. The van der Waals surface area contributed by atoms with Gasteiger partial charge in [-0.05, 0) is 29.5 Å². The zero-order valence-electron chi connectivity index (χ0n) is 9.12. The monoisotopic (exact) mass is 190 g/mol. The molecule has 1 aromatic rings. The van der Waals surface area contributed by atoms with Crippen LogP contribution in [0.3, 0.4) is 0 Å². The summed E-state index contributed by atoms with van der Waals surface area (Å²) in [6.45, 7) is 9.91. The highest BCUT2D eigenvalue weighted by atomic mass is 16.3. The van der Waals surface area contributed by atoms with E-state index < -0.39 is 6.10 Å². The molecule has 0 aromatic heterocycles. The van der Waals surface area contributed by atoms with Crippen molar-refractivity contribution in [1.82, 2.24) is 0 Å². The Kier molecular flexibility index (Phi) is 3.48. The Labute approximate surface area is 86.1 Å². The van der Waals surface area contributed by atoms with Crippen LogP contribution in [-0.2, 0) is 0 Å². The number of hydrogen-bond donors (Lipinski definition) is 1. The van der Waals surface area contributed by atoms with Crippen LogP contribution < -0.4 is 0 Å². The van der Waals surface area contributed by atoms with Crippen molar-refractivity contribution in [3.8, 4) is 0 Å². The van der Waals surface area contributed by atoms with Crippen LogP contribution in [0.5, 0.6) is 0 Å². The Hall–Kier alpha value is -1.08. The van der Waals surface area contributed by atoms with Crippen LogP contribution in [0.15, 0.2) is 30.8 Å². The smallest absolute Gasteiger partial charge is 0.0762 e. The van der Waals surface area contributed by atoms with E-state index in [1.807, 2.05) is 12.1 Å². The SMILES string of the molecule is C=C(c1ccc(C(C)C)cc1)C(C)O. The predicted molar refractivity (Wildman–Crippen MR) is 61.2 cm³/mol. The Morgan fingerprint density at radius 1 is 1.14 bits per heavy atom. The highest BCUT2D eigenvalue weighted by molar-refractivity contribution is 5.66. The fourth-order valence-electron chi connectivity index (χ4n) is 1.32. The average Bonchev–Trinajstić information content (AvgIpc) is 2.16. The van der Waals surface area contributed by atoms with Gasteiger partial charge in [-0.2, -0.15) is 0 Å². The normalized spacial score (nSPS) is 12.9. The second-order valence-corrected chi connectivity index (χ2v) is 3.98. The zero-order valence-corrected chi connectivity index (χ0v) is 9.12. The van der Waals surface area contributed by atoms with E-state index in [-0.39, 0.29) is 0 Å². The maximum Gasteiger partial charge on any atom is 0.0762 e. The summed E-state index contributed by atoms with van der Waals surface area (Å²) >= 11 is 0. The lowest BCUT2D eigenvalue weighted by Crippen LogP contribution is -2.02. The summed E-state index contributed by atoms with van der Waals surface area (Å²) in [5, 5.41) is 9.35. The van der Waals surface area contributed by atoms with Crippen LogP contribution in [0.4, 0.5) is 0 Å². The zero-order chi connectivity index (χ0) is 10.7. The van der Waals surface area contributed by atoms with E-state index in [0.29, 0.717) is 5.92 Å². The van der Waals surface area contributed by atoms with Crippen molar-refractivity contribution < 1.29 is 5.11 Å². The molecule has 0 saturated carbocycles. The van der Waals surface area contributed by atoms with Gasteiger partial charge in [-0.3, -0.25) is 0 Å². The van der Waals surface area contributed by atoms with Crippen LogP contribution in [-0.4, -0.2) is 11.2 Å². The minimum absolute atomic E-state index is 0.472. The molecular weight excluding hydrogens is 172 g/mol. The van der Waals surface area contributed by atoms with E-state index in [4.69, 9.17) is 0 Å². The lowest BCUT2D eigenvalue weighted by atomic mass is 9.98. The van der Waals surface area contributed by atoms with Crippen molar-refractivity contribution in [3.63, 3.8) is 0 Å². The van der Waals surface area contributed by atoms with Crippen molar-refractivity contribution in [1.29, 1.82) is 0 Å². The molecule has 0 heterocycles. The van der Waals surface area contributed by atoms with Crippen LogP contribution in [0.1, 0.15) is 37.8 Å². The third kappa shape index (κ3) is 2.46. The van der Waals surface area contributed by atoms with Crippen LogP contribution in [0.25, 0.3) is 5.57 Å². The molecule has 76 valence electrons. The summed E-state index contributed by atoms with van der Waals surface area (Å²) in [6.07, 6.45) is -0.472. The number of aliphatic hydroxyl groups excluding tert-OH is 1.